The van der Waals surface area contributed by atoms with E-state index in [-0.39, 0.29) is 0 Å². The number of nitrogen functional groups attached to an aromatic ring is 1. The van der Waals surface area contributed by atoms with E-state index in [1.807, 2.05) is 0 Å². The maximum Gasteiger partial charge on any atom is 0.220 e. The van der Waals surface area contributed by atoms with Crippen LogP contribution in [0.15, 0.2) is 6.07 Å². The van der Waals surface area contributed by atoms with Gasteiger partial charge in [-0.3, -0.25) is 0 Å². The van der Waals surface area contributed by atoms with Crippen LogP contribution in [-0.4, -0.2) is 9.97 Å². The van der Waals surface area contributed by atoms with Gasteiger partial charge >= 0.3 is 0 Å². The van der Waals surface area contributed by atoms with E-state index < -0.39 is 0 Å². The van der Waals surface area contributed by atoms with Crippen molar-refractivity contribution in [2.45, 2.75) is 57.8 Å². The molecular formula is C13H21N3. The highest BCUT2D eigenvalue weighted by atomic mass is 15.0. The molecule has 0 aromatic carbocycles. The summed E-state index contributed by atoms with van der Waals surface area (Å²) in [4.78, 5) is 8.70. The molecule has 1 fully saturated rings. The third kappa shape index (κ3) is 2.52. The van der Waals surface area contributed by atoms with Crippen LogP contribution < -0.4 is 5.73 Å². The second-order valence-corrected chi connectivity index (χ2v) is 5.07. The smallest absolute Gasteiger partial charge is 0.220 e. The van der Waals surface area contributed by atoms with Crippen molar-refractivity contribution >= 4 is 5.95 Å². The van der Waals surface area contributed by atoms with E-state index in [2.05, 4.69) is 29.9 Å². The molecule has 0 spiro atoms. The van der Waals surface area contributed by atoms with E-state index in [1.165, 1.54) is 32.1 Å². The molecule has 0 bridgehead atoms. The number of anilines is 1. The lowest BCUT2D eigenvalue weighted by Crippen LogP contribution is -2.10. The van der Waals surface area contributed by atoms with Crippen molar-refractivity contribution in [3.63, 3.8) is 0 Å². The van der Waals surface area contributed by atoms with Gasteiger partial charge in [0.1, 0.15) is 0 Å². The molecule has 0 unspecified atom stereocenters. The highest BCUT2D eigenvalue weighted by Gasteiger charge is 2.18. The lowest BCUT2D eigenvalue weighted by molar-refractivity contribution is 0.436. The van der Waals surface area contributed by atoms with Crippen molar-refractivity contribution in [2.75, 3.05) is 5.73 Å². The molecule has 0 amide bonds. The lowest BCUT2D eigenvalue weighted by Gasteiger charge is -2.21. The number of nitrogens with zero attached hydrogens (tertiary/aromatic N) is 2. The SMILES string of the molecule is CC(C)c1cc(C2CCCCC2)nc(N)n1. The molecule has 1 aromatic rings. The van der Waals surface area contributed by atoms with Gasteiger partial charge in [-0.2, -0.15) is 0 Å². The Kier molecular flexibility index (Phi) is 3.42. The van der Waals surface area contributed by atoms with Crippen LogP contribution in [0.25, 0.3) is 0 Å². The van der Waals surface area contributed by atoms with Gasteiger partial charge in [0.15, 0.2) is 0 Å². The van der Waals surface area contributed by atoms with Gasteiger partial charge in [-0.15, -0.1) is 0 Å². The van der Waals surface area contributed by atoms with Crippen molar-refractivity contribution < 1.29 is 0 Å². The van der Waals surface area contributed by atoms with Crippen LogP contribution in [0.1, 0.15) is 69.2 Å². The molecule has 16 heavy (non-hydrogen) atoms. The third-order valence-corrected chi connectivity index (χ3v) is 3.40. The van der Waals surface area contributed by atoms with Crippen molar-refractivity contribution in [1.82, 2.24) is 9.97 Å². The summed E-state index contributed by atoms with van der Waals surface area (Å²) in [6.45, 7) is 4.29. The zero-order valence-electron chi connectivity index (χ0n) is 10.2. The topological polar surface area (TPSA) is 51.8 Å². The van der Waals surface area contributed by atoms with E-state index in [4.69, 9.17) is 5.73 Å². The molecule has 0 aliphatic heterocycles. The molecule has 3 heteroatoms. The zero-order valence-corrected chi connectivity index (χ0v) is 10.2. The summed E-state index contributed by atoms with van der Waals surface area (Å²) in [5.41, 5.74) is 8.02. The molecule has 1 saturated carbocycles. The van der Waals surface area contributed by atoms with Crippen LogP contribution in [0.3, 0.4) is 0 Å². The molecule has 0 radical (unpaired) electrons. The van der Waals surface area contributed by atoms with E-state index in [0.29, 0.717) is 17.8 Å². The predicted molar refractivity (Wildman–Crippen MR) is 66.4 cm³/mol. The Labute approximate surface area is 97.5 Å². The van der Waals surface area contributed by atoms with Crippen LogP contribution in [-0.2, 0) is 0 Å². The Morgan fingerprint density at radius 1 is 1.19 bits per heavy atom. The molecule has 2 rings (SSSR count). The van der Waals surface area contributed by atoms with Gasteiger partial charge in [0.2, 0.25) is 5.95 Å². The fraction of sp³-hybridized carbons (Fsp3) is 0.692. The minimum atomic E-state index is 0.424. The molecule has 1 aliphatic rings. The fourth-order valence-electron chi connectivity index (χ4n) is 2.41. The van der Waals surface area contributed by atoms with Crippen LogP contribution in [0.5, 0.6) is 0 Å². The molecule has 1 aromatic heterocycles. The summed E-state index contributed by atoms with van der Waals surface area (Å²) in [5.74, 6) is 1.47. The average Bonchev–Trinajstić information content (AvgIpc) is 2.29. The first kappa shape index (κ1) is 11.4. The number of nitrogens with two attached hydrogens (primary N) is 1. The zero-order chi connectivity index (χ0) is 11.5. The Balaban J connectivity index is 2.25. The van der Waals surface area contributed by atoms with Crippen molar-refractivity contribution in [2.24, 2.45) is 0 Å². The van der Waals surface area contributed by atoms with Crippen LogP contribution >= 0.6 is 0 Å². The van der Waals surface area contributed by atoms with Crippen LogP contribution in [0, 0.1) is 0 Å². The van der Waals surface area contributed by atoms with Crippen molar-refractivity contribution in [3.8, 4) is 0 Å². The number of hydrogen-bond donors (Lipinski definition) is 1. The van der Waals surface area contributed by atoms with Gasteiger partial charge < -0.3 is 5.73 Å². The number of rotatable bonds is 2. The normalized spacial score (nSPS) is 17.9. The molecule has 3 nitrogen and oxygen atoms in total. The molecule has 0 atom stereocenters. The number of aromatic nitrogens is 2. The summed E-state index contributed by atoms with van der Waals surface area (Å²) < 4.78 is 0. The first-order valence-electron chi connectivity index (χ1n) is 6.31. The van der Waals surface area contributed by atoms with Gasteiger partial charge in [-0.1, -0.05) is 33.1 Å². The largest absolute Gasteiger partial charge is 0.368 e. The quantitative estimate of drug-likeness (QED) is 0.830. The fourth-order valence-corrected chi connectivity index (χ4v) is 2.41. The van der Waals surface area contributed by atoms with E-state index in [0.717, 1.165) is 11.4 Å². The lowest BCUT2D eigenvalue weighted by atomic mass is 9.86. The van der Waals surface area contributed by atoms with Crippen molar-refractivity contribution in [3.05, 3.63) is 17.5 Å². The minimum Gasteiger partial charge on any atom is -0.368 e. The van der Waals surface area contributed by atoms with E-state index in [1.54, 1.807) is 0 Å². The highest BCUT2D eigenvalue weighted by molar-refractivity contribution is 5.26. The van der Waals surface area contributed by atoms with Gasteiger partial charge in [0.05, 0.1) is 0 Å². The molecule has 88 valence electrons. The van der Waals surface area contributed by atoms with Gasteiger partial charge in [0.25, 0.3) is 0 Å². The molecule has 1 aliphatic carbocycles. The van der Waals surface area contributed by atoms with Gasteiger partial charge in [-0.05, 0) is 24.8 Å². The Bertz CT molecular complexity index is 354. The minimum absolute atomic E-state index is 0.424. The summed E-state index contributed by atoms with van der Waals surface area (Å²) >= 11 is 0. The van der Waals surface area contributed by atoms with Crippen molar-refractivity contribution in [1.29, 1.82) is 0 Å². The first-order chi connectivity index (χ1) is 7.66. The summed E-state index contributed by atoms with van der Waals surface area (Å²) in [5, 5.41) is 0. The maximum absolute atomic E-state index is 5.78. The summed E-state index contributed by atoms with van der Waals surface area (Å²) in [6, 6.07) is 2.15. The Hall–Kier alpha value is -1.12. The highest BCUT2D eigenvalue weighted by Crippen LogP contribution is 2.32. The predicted octanol–water partition coefficient (Wildman–Crippen LogP) is 3.23. The second-order valence-electron chi connectivity index (χ2n) is 5.07. The third-order valence-electron chi connectivity index (χ3n) is 3.40. The summed E-state index contributed by atoms with van der Waals surface area (Å²) in [7, 11) is 0. The molecule has 2 N–H and O–H groups in total. The standard InChI is InChI=1S/C13H21N3/c1-9(2)11-8-12(16-13(14)15-11)10-6-4-3-5-7-10/h8-10H,3-7H2,1-2H3,(H2,14,15,16). The Morgan fingerprint density at radius 3 is 2.50 bits per heavy atom. The molecule has 0 saturated heterocycles. The summed E-state index contributed by atoms with van der Waals surface area (Å²) in [6.07, 6.45) is 6.53. The van der Waals surface area contributed by atoms with Gasteiger partial charge in [0, 0.05) is 17.3 Å². The second kappa shape index (κ2) is 4.81. The van der Waals surface area contributed by atoms with E-state index >= 15 is 0 Å². The number of hydrogen-bond acceptors (Lipinski definition) is 3. The Morgan fingerprint density at radius 2 is 1.88 bits per heavy atom. The molecule has 1 heterocycles. The monoisotopic (exact) mass is 219 g/mol. The van der Waals surface area contributed by atoms with Gasteiger partial charge in [-0.25, -0.2) is 9.97 Å². The first-order valence-corrected chi connectivity index (χ1v) is 6.31. The maximum atomic E-state index is 5.78. The van der Waals surface area contributed by atoms with Crippen LogP contribution in [0.4, 0.5) is 5.95 Å². The molecular weight excluding hydrogens is 198 g/mol. The van der Waals surface area contributed by atoms with E-state index in [9.17, 15) is 0 Å². The van der Waals surface area contributed by atoms with Crippen LogP contribution in [0.2, 0.25) is 0 Å². The average molecular weight is 219 g/mol.